The van der Waals surface area contributed by atoms with Crippen molar-refractivity contribution < 1.29 is 0 Å². The summed E-state index contributed by atoms with van der Waals surface area (Å²) in [5.41, 5.74) is 2.96. The van der Waals surface area contributed by atoms with Gasteiger partial charge in [-0.15, -0.1) is 6.58 Å². The molecule has 0 radical (unpaired) electrons. The first-order valence-corrected chi connectivity index (χ1v) is 8.95. The van der Waals surface area contributed by atoms with Crippen LogP contribution in [0, 0.1) is 24.7 Å². The predicted molar refractivity (Wildman–Crippen MR) is 91.5 cm³/mol. The average molecular weight is 282 g/mol. The van der Waals surface area contributed by atoms with Crippen molar-refractivity contribution in [3.8, 4) is 0 Å². The Bertz CT molecular complexity index is 439. The van der Waals surface area contributed by atoms with E-state index in [1.54, 1.807) is 5.56 Å². The van der Waals surface area contributed by atoms with Crippen molar-refractivity contribution in [1.82, 2.24) is 0 Å². The zero-order valence-corrected chi connectivity index (χ0v) is 13.6. The molecule has 0 saturated heterocycles. The minimum atomic E-state index is 0.810. The third-order valence-electron chi connectivity index (χ3n) is 6.14. The van der Waals surface area contributed by atoms with Gasteiger partial charge in [-0.2, -0.15) is 0 Å². The Hall–Kier alpha value is -1.04. The number of allylic oxidation sites excluding steroid dienone is 1. The average Bonchev–Trinajstić information content (AvgIpc) is 2.56. The third-order valence-corrected chi connectivity index (χ3v) is 6.14. The zero-order chi connectivity index (χ0) is 14.7. The van der Waals surface area contributed by atoms with Gasteiger partial charge in [0.15, 0.2) is 0 Å². The van der Waals surface area contributed by atoms with Crippen molar-refractivity contribution >= 4 is 0 Å². The third kappa shape index (κ3) is 3.59. The SMILES string of the molecule is C=C[C@H]1CC[C@H]([C@H]2CC[C@H](c3ccc(C)cc3)CC2)CC1. The van der Waals surface area contributed by atoms with E-state index in [0.717, 1.165) is 23.7 Å². The van der Waals surface area contributed by atoms with Crippen LogP contribution in [0.5, 0.6) is 0 Å². The summed E-state index contributed by atoms with van der Waals surface area (Å²) in [6.07, 6.45) is 13.6. The summed E-state index contributed by atoms with van der Waals surface area (Å²) in [7, 11) is 0. The first-order valence-electron chi connectivity index (χ1n) is 8.95. The monoisotopic (exact) mass is 282 g/mol. The van der Waals surface area contributed by atoms with Crippen molar-refractivity contribution in [2.24, 2.45) is 17.8 Å². The Balaban J connectivity index is 1.51. The maximum atomic E-state index is 3.97. The molecule has 1 aromatic carbocycles. The zero-order valence-electron chi connectivity index (χ0n) is 13.6. The van der Waals surface area contributed by atoms with Gasteiger partial charge in [0.25, 0.3) is 0 Å². The lowest BCUT2D eigenvalue weighted by Gasteiger charge is -2.37. The van der Waals surface area contributed by atoms with Crippen molar-refractivity contribution in [1.29, 1.82) is 0 Å². The van der Waals surface area contributed by atoms with Crippen LogP contribution in [-0.4, -0.2) is 0 Å². The van der Waals surface area contributed by atoms with Gasteiger partial charge in [-0.1, -0.05) is 35.9 Å². The molecule has 21 heavy (non-hydrogen) atoms. The second-order valence-electron chi connectivity index (χ2n) is 7.43. The fourth-order valence-corrected chi connectivity index (χ4v) is 4.61. The van der Waals surface area contributed by atoms with Crippen LogP contribution in [0.4, 0.5) is 0 Å². The van der Waals surface area contributed by atoms with E-state index in [1.165, 1.54) is 56.9 Å². The van der Waals surface area contributed by atoms with E-state index < -0.39 is 0 Å². The molecule has 2 saturated carbocycles. The van der Waals surface area contributed by atoms with Gasteiger partial charge in [-0.3, -0.25) is 0 Å². The van der Waals surface area contributed by atoms with Gasteiger partial charge in [0.05, 0.1) is 0 Å². The molecule has 0 aromatic heterocycles. The van der Waals surface area contributed by atoms with Gasteiger partial charge < -0.3 is 0 Å². The molecule has 0 heterocycles. The molecule has 0 unspecified atom stereocenters. The summed E-state index contributed by atoms with van der Waals surface area (Å²) >= 11 is 0. The fourth-order valence-electron chi connectivity index (χ4n) is 4.61. The van der Waals surface area contributed by atoms with Crippen molar-refractivity contribution in [3.05, 3.63) is 48.0 Å². The van der Waals surface area contributed by atoms with Crippen LogP contribution < -0.4 is 0 Å². The van der Waals surface area contributed by atoms with Crippen LogP contribution in [0.3, 0.4) is 0 Å². The fraction of sp³-hybridized carbons (Fsp3) is 0.619. The predicted octanol–water partition coefficient (Wildman–Crippen LogP) is 6.26. The molecule has 0 heteroatoms. The van der Waals surface area contributed by atoms with Gasteiger partial charge in [0.1, 0.15) is 0 Å². The molecule has 0 N–H and O–H groups in total. The Morgan fingerprint density at radius 2 is 1.33 bits per heavy atom. The summed E-state index contributed by atoms with van der Waals surface area (Å²) in [4.78, 5) is 0. The molecule has 0 bridgehead atoms. The number of hydrogen-bond acceptors (Lipinski definition) is 0. The second kappa shape index (κ2) is 6.81. The molecule has 0 nitrogen and oxygen atoms in total. The minimum absolute atomic E-state index is 0.810. The van der Waals surface area contributed by atoms with Crippen LogP contribution >= 0.6 is 0 Å². The summed E-state index contributed by atoms with van der Waals surface area (Å²) in [5, 5.41) is 0. The van der Waals surface area contributed by atoms with E-state index in [9.17, 15) is 0 Å². The number of benzene rings is 1. The van der Waals surface area contributed by atoms with Crippen molar-refractivity contribution in [2.75, 3.05) is 0 Å². The van der Waals surface area contributed by atoms with Crippen LogP contribution in [0.15, 0.2) is 36.9 Å². The lowest BCUT2D eigenvalue weighted by atomic mass is 9.68. The topological polar surface area (TPSA) is 0 Å². The first kappa shape index (κ1) is 14.9. The molecule has 0 aliphatic heterocycles. The second-order valence-corrected chi connectivity index (χ2v) is 7.43. The molecule has 1 aromatic rings. The highest BCUT2D eigenvalue weighted by atomic mass is 14.4. The van der Waals surface area contributed by atoms with Gasteiger partial charge in [-0.25, -0.2) is 0 Å². The van der Waals surface area contributed by atoms with Crippen LogP contribution in [0.1, 0.15) is 68.4 Å². The molecule has 3 rings (SSSR count). The highest BCUT2D eigenvalue weighted by molar-refractivity contribution is 5.24. The van der Waals surface area contributed by atoms with E-state index in [-0.39, 0.29) is 0 Å². The molecule has 2 aliphatic carbocycles. The minimum Gasteiger partial charge on any atom is -0.103 e. The van der Waals surface area contributed by atoms with Gasteiger partial charge in [0.2, 0.25) is 0 Å². The molecular formula is C21H30. The summed E-state index contributed by atoms with van der Waals surface area (Å²) in [5.74, 6) is 3.66. The maximum Gasteiger partial charge on any atom is -0.0162 e. The van der Waals surface area contributed by atoms with E-state index >= 15 is 0 Å². The number of rotatable bonds is 3. The summed E-state index contributed by atoms with van der Waals surface area (Å²) in [6, 6.07) is 9.27. The lowest BCUT2D eigenvalue weighted by molar-refractivity contribution is 0.171. The number of hydrogen-bond donors (Lipinski definition) is 0. The first-order chi connectivity index (χ1) is 10.3. The van der Waals surface area contributed by atoms with Gasteiger partial charge in [0, 0.05) is 0 Å². The smallest absolute Gasteiger partial charge is 0.0162 e. The Labute approximate surface area is 130 Å². The Morgan fingerprint density at radius 1 is 0.810 bits per heavy atom. The molecule has 0 spiro atoms. The highest BCUT2D eigenvalue weighted by Gasteiger charge is 2.30. The molecule has 0 amide bonds. The molecule has 2 fully saturated rings. The number of aryl methyl sites for hydroxylation is 1. The van der Waals surface area contributed by atoms with Crippen LogP contribution in [0.2, 0.25) is 0 Å². The maximum absolute atomic E-state index is 3.97. The van der Waals surface area contributed by atoms with E-state index in [0.29, 0.717) is 0 Å². The van der Waals surface area contributed by atoms with Gasteiger partial charge >= 0.3 is 0 Å². The summed E-state index contributed by atoms with van der Waals surface area (Å²) in [6.45, 7) is 6.15. The highest BCUT2D eigenvalue weighted by Crippen LogP contribution is 2.43. The normalized spacial score (nSPS) is 33.6. The van der Waals surface area contributed by atoms with E-state index in [1.807, 2.05) is 0 Å². The van der Waals surface area contributed by atoms with E-state index in [2.05, 4.69) is 43.8 Å². The van der Waals surface area contributed by atoms with Crippen LogP contribution in [0.25, 0.3) is 0 Å². The standard InChI is InChI=1S/C21H30/c1-3-17-6-10-19(11-7-17)21-14-12-20(13-15-21)18-8-4-16(2)5-9-18/h3-5,8-9,17,19-21H,1,6-7,10-15H2,2H3/t17-,19-,20-,21-. The van der Waals surface area contributed by atoms with Crippen molar-refractivity contribution in [2.45, 2.75) is 64.2 Å². The van der Waals surface area contributed by atoms with Gasteiger partial charge in [-0.05, 0) is 87.5 Å². The lowest BCUT2D eigenvalue weighted by Crippen LogP contribution is -2.25. The van der Waals surface area contributed by atoms with E-state index in [4.69, 9.17) is 0 Å². The largest absolute Gasteiger partial charge is 0.103 e. The quantitative estimate of drug-likeness (QED) is 0.574. The Kier molecular flexibility index (Phi) is 4.83. The van der Waals surface area contributed by atoms with Crippen molar-refractivity contribution in [3.63, 3.8) is 0 Å². The molecule has 114 valence electrons. The summed E-state index contributed by atoms with van der Waals surface area (Å²) < 4.78 is 0. The molecule has 0 atom stereocenters. The Morgan fingerprint density at radius 3 is 1.86 bits per heavy atom. The van der Waals surface area contributed by atoms with Crippen LogP contribution in [-0.2, 0) is 0 Å². The molecular weight excluding hydrogens is 252 g/mol. The molecule has 2 aliphatic rings.